The Kier molecular flexibility index (Phi) is 6.72. The molecular weight excluding hydrogens is 342 g/mol. The first-order valence-corrected chi connectivity index (χ1v) is 10.0. The molecule has 27 heavy (non-hydrogen) atoms. The van der Waals surface area contributed by atoms with Crippen LogP contribution in [0.1, 0.15) is 43.0 Å². The van der Waals surface area contributed by atoms with Gasteiger partial charge >= 0.3 is 12.0 Å². The van der Waals surface area contributed by atoms with Crippen LogP contribution >= 0.6 is 0 Å². The van der Waals surface area contributed by atoms with Crippen LogP contribution in [-0.2, 0) is 4.74 Å². The Labute approximate surface area is 161 Å². The van der Waals surface area contributed by atoms with Crippen LogP contribution in [0.3, 0.4) is 0 Å². The van der Waals surface area contributed by atoms with Gasteiger partial charge in [-0.1, -0.05) is 13.0 Å². The van der Waals surface area contributed by atoms with Crippen LogP contribution in [0.15, 0.2) is 24.3 Å². The van der Waals surface area contributed by atoms with Crippen LogP contribution in [0.25, 0.3) is 0 Å². The van der Waals surface area contributed by atoms with Crippen molar-refractivity contribution in [1.29, 1.82) is 0 Å². The van der Waals surface area contributed by atoms with Gasteiger partial charge in [0.15, 0.2) is 0 Å². The lowest BCUT2D eigenvalue weighted by atomic mass is 9.93. The van der Waals surface area contributed by atoms with Crippen LogP contribution < -0.4 is 5.32 Å². The van der Waals surface area contributed by atoms with E-state index in [1.165, 1.54) is 39.6 Å². The molecule has 0 spiro atoms. The highest BCUT2D eigenvalue weighted by atomic mass is 16.5. The highest BCUT2D eigenvalue weighted by Gasteiger charge is 2.25. The number of carbonyl (C=O) groups excluding carboxylic acids is 2. The van der Waals surface area contributed by atoms with Crippen molar-refractivity contribution in [1.82, 2.24) is 9.80 Å². The zero-order valence-electron chi connectivity index (χ0n) is 16.4. The first-order chi connectivity index (χ1) is 13.0. The number of nitrogens with one attached hydrogen (secondary N) is 1. The molecule has 0 aliphatic carbocycles. The topological polar surface area (TPSA) is 61.9 Å². The third-order valence-corrected chi connectivity index (χ3v) is 5.83. The molecule has 1 N–H and O–H groups in total. The second-order valence-electron chi connectivity index (χ2n) is 7.92. The van der Waals surface area contributed by atoms with Crippen molar-refractivity contribution in [2.24, 2.45) is 11.8 Å². The number of amides is 2. The van der Waals surface area contributed by atoms with E-state index in [1.807, 2.05) is 4.90 Å². The minimum absolute atomic E-state index is 0.0951. The molecule has 3 rings (SSSR count). The summed E-state index contributed by atoms with van der Waals surface area (Å²) in [7, 11) is 1.35. The molecule has 0 saturated carbocycles. The molecule has 1 aromatic carbocycles. The minimum Gasteiger partial charge on any atom is -0.465 e. The molecule has 2 saturated heterocycles. The predicted molar refractivity (Wildman–Crippen MR) is 106 cm³/mol. The second kappa shape index (κ2) is 9.22. The van der Waals surface area contributed by atoms with Gasteiger partial charge in [-0.05, 0) is 68.8 Å². The predicted octanol–water partition coefficient (Wildman–Crippen LogP) is 3.45. The molecule has 0 radical (unpaired) electrons. The molecule has 0 unspecified atom stereocenters. The molecule has 148 valence electrons. The largest absolute Gasteiger partial charge is 0.465 e. The molecule has 1 aromatic rings. The normalized spacial score (nSPS) is 19.7. The minimum atomic E-state index is -0.404. The molecule has 2 heterocycles. The van der Waals surface area contributed by atoms with Gasteiger partial charge in [-0.3, -0.25) is 0 Å². The van der Waals surface area contributed by atoms with Crippen molar-refractivity contribution in [2.75, 3.05) is 45.2 Å². The van der Waals surface area contributed by atoms with Crippen LogP contribution in [0.4, 0.5) is 10.5 Å². The van der Waals surface area contributed by atoms with E-state index in [2.05, 4.69) is 17.1 Å². The highest BCUT2D eigenvalue weighted by Crippen LogP contribution is 2.23. The van der Waals surface area contributed by atoms with Crippen LogP contribution in [0.5, 0.6) is 0 Å². The third kappa shape index (κ3) is 5.45. The van der Waals surface area contributed by atoms with Gasteiger partial charge in [-0.15, -0.1) is 0 Å². The number of likely N-dealkylation sites (tertiary alicyclic amines) is 2. The Bertz CT molecular complexity index is 648. The first kappa shape index (κ1) is 19.7. The van der Waals surface area contributed by atoms with Crippen LogP contribution in [0.2, 0.25) is 0 Å². The number of ether oxygens (including phenoxy) is 1. The van der Waals surface area contributed by atoms with Gasteiger partial charge in [0.2, 0.25) is 0 Å². The number of methoxy groups -OCH3 is 1. The third-order valence-electron chi connectivity index (χ3n) is 5.83. The van der Waals surface area contributed by atoms with Crippen molar-refractivity contribution >= 4 is 17.7 Å². The molecular formula is C21H31N3O3. The monoisotopic (exact) mass is 373 g/mol. The first-order valence-electron chi connectivity index (χ1n) is 10.0. The second-order valence-corrected chi connectivity index (χ2v) is 7.92. The quantitative estimate of drug-likeness (QED) is 0.821. The Balaban J connectivity index is 1.45. The number of piperidine rings is 2. The summed E-state index contributed by atoms with van der Waals surface area (Å²) in [5, 5.41) is 2.90. The van der Waals surface area contributed by atoms with E-state index < -0.39 is 5.97 Å². The lowest BCUT2D eigenvalue weighted by Gasteiger charge is -2.37. The zero-order chi connectivity index (χ0) is 19.2. The fourth-order valence-corrected chi connectivity index (χ4v) is 3.97. The van der Waals surface area contributed by atoms with E-state index in [1.54, 1.807) is 24.3 Å². The molecule has 0 bridgehead atoms. The van der Waals surface area contributed by atoms with Crippen molar-refractivity contribution in [3.05, 3.63) is 29.8 Å². The number of rotatable bonds is 4. The molecule has 2 fully saturated rings. The molecule has 2 aliphatic heterocycles. The van der Waals surface area contributed by atoms with E-state index in [0.29, 0.717) is 17.2 Å². The molecule has 2 aliphatic rings. The number of urea groups is 1. The number of nitrogens with zero attached hydrogens (tertiary/aromatic N) is 2. The summed E-state index contributed by atoms with van der Waals surface area (Å²) in [6, 6.07) is 6.76. The number of carbonyl (C=O) groups is 2. The molecule has 0 aromatic heterocycles. The Morgan fingerprint density at radius 1 is 1.11 bits per heavy atom. The van der Waals surface area contributed by atoms with E-state index in [0.717, 1.165) is 31.8 Å². The van der Waals surface area contributed by atoms with Gasteiger partial charge in [0.1, 0.15) is 0 Å². The maximum atomic E-state index is 12.5. The summed E-state index contributed by atoms with van der Waals surface area (Å²) in [6.07, 6.45) is 4.74. The van der Waals surface area contributed by atoms with Crippen molar-refractivity contribution in [3.63, 3.8) is 0 Å². The summed E-state index contributed by atoms with van der Waals surface area (Å²) in [6.45, 7) is 7.53. The van der Waals surface area contributed by atoms with E-state index in [9.17, 15) is 9.59 Å². The van der Waals surface area contributed by atoms with Crippen LogP contribution in [-0.4, -0.2) is 61.6 Å². The maximum Gasteiger partial charge on any atom is 0.337 e. The van der Waals surface area contributed by atoms with Crippen molar-refractivity contribution in [3.8, 4) is 0 Å². The highest BCUT2D eigenvalue weighted by molar-refractivity contribution is 5.93. The van der Waals surface area contributed by atoms with E-state index in [-0.39, 0.29) is 6.03 Å². The van der Waals surface area contributed by atoms with Gasteiger partial charge in [-0.2, -0.15) is 0 Å². The fraction of sp³-hybridized carbons (Fsp3) is 0.619. The van der Waals surface area contributed by atoms with Crippen molar-refractivity contribution in [2.45, 2.75) is 32.6 Å². The average Bonchev–Trinajstić information content (AvgIpc) is 2.70. The summed E-state index contributed by atoms with van der Waals surface area (Å²) >= 11 is 0. The number of hydrogen-bond acceptors (Lipinski definition) is 4. The van der Waals surface area contributed by atoms with E-state index >= 15 is 0 Å². The molecule has 0 atom stereocenters. The number of anilines is 1. The van der Waals surface area contributed by atoms with Gasteiger partial charge in [0.25, 0.3) is 0 Å². The maximum absolute atomic E-state index is 12.5. The van der Waals surface area contributed by atoms with E-state index in [4.69, 9.17) is 4.74 Å². The van der Waals surface area contributed by atoms with Gasteiger partial charge in [-0.25, -0.2) is 9.59 Å². The fourth-order valence-electron chi connectivity index (χ4n) is 3.97. The Morgan fingerprint density at radius 2 is 1.81 bits per heavy atom. The van der Waals surface area contributed by atoms with Crippen LogP contribution in [0, 0.1) is 11.8 Å². The zero-order valence-corrected chi connectivity index (χ0v) is 16.4. The Morgan fingerprint density at radius 3 is 2.48 bits per heavy atom. The van der Waals surface area contributed by atoms with Gasteiger partial charge < -0.3 is 19.9 Å². The lowest BCUT2D eigenvalue weighted by molar-refractivity contribution is 0.0600. The Hall–Kier alpha value is -2.08. The number of esters is 1. The summed E-state index contributed by atoms with van der Waals surface area (Å²) in [5.41, 5.74) is 1.05. The smallest absolute Gasteiger partial charge is 0.337 e. The lowest BCUT2D eigenvalue weighted by Crippen LogP contribution is -2.44. The summed E-state index contributed by atoms with van der Waals surface area (Å²) in [5.74, 6) is 1.15. The molecule has 6 nitrogen and oxygen atoms in total. The molecule has 2 amide bonds. The van der Waals surface area contributed by atoms with Gasteiger partial charge in [0, 0.05) is 25.3 Å². The average molecular weight is 373 g/mol. The van der Waals surface area contributed by atoms with Crippen molar-refractivity contribution < 1.29 is 14.3 Å². The van der Waals surface area contributed by atoms with Gasteiger partial charge in [0.05, 0.1) is 12.7 Å². The standard InChI is InChI=1S/C21H31N3O3/c1-16-6-10-23(11-7-16)15-17-8-12-24(13-9-17)21(26)22-19-5-3-4-18(14-19)20(25)27-2/h3-5,14,16-17H,6-13,15H2,1-2H3,(H,22,26). The molecule has 6 heteroatoms. The number of hydrogen-bond donors (Lipinski definition) is 1. The number of benzene rings is 1. The SMILES string of the molecule is COC(=O)c1cccc(NC(=O)N2CCC(CN3CCC(C)CC3)CC2)c1. The summed E-state index contributed by atoms with van der Waals surface area (Å²) in [4.78, 5) is 28.6. The summed E-state index contributed by atoms with van der Waals surface area (Å²) < 4.78 is 4.73.